The second-order valence-electron chi connectivity index (χ2n) is 10.6. The van der Waals surface area contributed by atoms with Crippen molar-refractivity contribution in [1.82, 2.24) is 4.90 Å². The number of ether oxygens (including phenoxy) is 1. The number of anilines is 1. The maximum atomic E-state index is 13.0. The summed E-state index contributed by atoms with van der Waals surface area (Å²) in [4.78, 5) is 15.6. The normalized spacial score (nSPS) is 32.5. The highest BCUT2D eigenvalue weighted by Gasteiger charge is 2.71. The number of primary amides is 1. The van der Waals surface area contributed by atoms with Crippen molar-refractivity contribution >= 4 is 17.7 Å². The lowest BCUT2D eigenvalue weighted by atomic mass is 9.64. The fourth-order valence-corrected chi connectivity index (χ4v) is 6.50. The number of carbonyl (C=O) groups is 1. The smallest absolute Gasteiger partial charge is 0.232 e. The summed E-state index contributed by atoms with van der Waals surface area (Å²) in [7, 11) is 0. The van der Waals surface area contributed by atoms with Crippen molar-refractivity contribution in [1.29, 1.82) is 0 Å². The Balaban J connectivity index is 1.28. The highest BCUT2D eigenvalue weighted by Crippen LogP contribution is 2.63. The zero-order chi connectivity index (χ0) is 23.1. The number of nitrogens with zero attached hydrogens (tertiary/aromatic N) is 1. The first-order valence-electron chi connectivity index (χ1n) is 12.6. The molecule has 0 spiro atoms. The van der Waals surface area contributed by atoms with E-state index in [4.69, 9.17) is 10.5 Å². The van der Waals surface area contributed by atoms with Crippen LogP contribution in [0.25, 0.3) is 6.08 Å². The maximum absolute atomic E-state index is 13.0. The van der Waals surface area contributed by atoms with Gasteiger partial charge in [-0.05, 0) is 61.4 Å². The number of carbonyl (C=O) groups excluding carboxylic acids is 1. The summed E-state index contributed by atoms with van der Waals surface area (Å²) in [6, 6.07) is 8.24. The molecule has 2 saturated heterocycles. The maximum Gasteiger partial charge on any atom is 0.232 e. The second-order valence-corrected chi connectivity index (χ2v) is 10.6. The molecule has 176 valence electrons. The summed E-state index contributed by atoms with van der Waals surface area (Å²) in [6.45, 7) is 8.96. The number of benzene rings is 1. The Morgan fingerprint density at radius 3 is 2.76 bits per heavy atom. The van der Waals surface area contributed by atoms with E-state index < -0.39 is 11.0 Å². The Hall–Kier alpha value is -2.53. The molecule has 3 heterocycles. The van der Waals surface area contributed by atoms with E-state index in [0.717, 1.165) is 60.2 Å². The summed E-state index contributed by atoms with van der Waals surface area (Å²) in [5.74, 6) is 2.16. The Bertz CT molecular complexity index is 1000. The van der Waals surface area contributed by atoms with Crippen LogP contribution < -0.4 is 11.1 Å². The van der Waals surface area contributed by atoms with Crippen LogP contribution in [-0.2, 0) is 9.53 Å². The number of para-hydroxylation sites is 1. The molecule has 33 heavy (non-hydrogen) atoms. The van der Waals surface area contributed by atoms with Gasteiger partial charge in [0.2, 0.25) is 11.5 Å². The highest BCUT2D eigenvalue weighted by molar-refractivity contribution is 5.90. The predicted octanol–water partition coefficient (Wildman–Crippen LogP) is 4.73. The van der Waals surface area contributed by atoms with Crippen molar-refractivity contribution in [2.24, 2.45) is 23.0 Å². The molecule has 5 heteroatoms. The van der Waals surface area contributed by atoms with Crippen LogP contribution in [0.3, 0.4) is 0 Å². The lowest BCUT2D eigenvalue weighted by molar-refractivity contribution is -0.128. The molecule has 1 aliphatic carbocycles. The van der Waals surface area contributed by atoms with Gasteiger partial charge in [-0.3, -0.25) is 4.79 Å². The zero-order valence-electron chi connectivity index (χ0n) is 20.0. The number of hydrogen-bond donors (Lipinski definition) is 2. The van der Waals surface area contributed by atoms with Crippen LogP contribution in [0.5, 0.6) is 0 Å². The molecule has 5 rings (SSSR count). The summed E-state index contributed by atoms with van der Waals surface area (Å²) >= 11 is 0. The predicted molar refractivity (Wildman–Crippen MR) is 133 cm³/mol. The molecular weight excluding hydrogens is 410 g/mol. The molecule has 3 aliphatic heterocycles. The minimum atomic E-state index is -0.828. The van der Waals surface area contributed by atoms with Crippen molar-refractivity contribution in [2.45, 2.75) is 51.6 Å². The Labute approximate surface area is 197 Å². The van der Waals surface area contributed by atoms with Gasteiger partial charge in [0.15, 0.2) is 0 Å². The van der Waals surface area contributed by atoms with Gasteiger partial charge in [0.25, 0.3) is 0 Å². The molecule has 1 aromatic carbocycles. The Morgan fingerprint density at radius 1 is 1.18 bits per heavy atom. The number of rotatable bonds is 8. The van der Waals surface area contributed by atoms with Gasteiger partial charge < -0.3 is 20.7 Å². The lowest BCUT2D eigenvalue weighted by Crippen LogP contribution is -2.50. The number of epoxide rings is 1. The summed E-state index contributed by atoms with van der Waals surface area (Å²) < 4.78 is 6.25. The first-order chi connectivity index (χ1) is 15.9. The summed E-state index contributed by atoms with van der Waals surface area (Å²) in [5, 5.41) is 3.50. The molecule has 0 bridgehead atoms. The van der Waals surface area contributed by atoms with Gasteiger partial charge in [0.1, 0.15) is 11.2 Å². The first kappa shape index (κ1) is 22.3. The topological polar surface area (TPSA) is 70.9 Å². The van der Waals surface area contributed by atoms with Crippen LogP contribution in [0.1, 0.15) is 51.5 Å². The molecule has 0 aromatic heterocycles. The van der Waals surface area contributed by atoms with E-state index in [1.807, 2.05) is 30.4 Å². The first-order valence-corrected chi connectivity index (χ1v) is 12.6. The number of unbranched alkanes of at least 4 members (excludes halogenated alkanes) is 2. The Morgan fingerprint density at radius 2 is 1.97 bits per heavy atom. The van der Waals surface area contributed by atoms with E-state index in [1.54, 1.807) is 0 Å². The highest BCUT2D eigenvalue weighted by atomic mass is 16.6. The standard InChI is InChI=1S/C28H37N3O2/c1-20-15-21(2)19-31(18-20)14-7-3-6-12-27(26(29)32)13-8-11-25-28(27,33-25)23-16-22-9-4-5-10-24(22)30-17-23/h4-5,8-11,13,16,20-21,30H,3,6-7,12,14-15,17-19H2,1-2H3,(H2,29,32). The van der Waals surface area contributed by atoms with E-state index in [0.29, 0.717) is 13.0 Å². The summed E-state index contributed by atoms with van der Waals surface area (Å²) in [6.07, 6.45) is 13.4. The number of nitrogens with two attached hydrogens (primary N) is 1. The fourth-order valence-electron chi connectivity index (χ4n) is 6.50. The van der Waals surface area contributed by atoms with Gasteiger partial charge in [-0.25, -0.2) is 0 Å². The third-order valence-corrected chi connectivity index (χ3v) is 7.97. The molecule has 0 radical (unpaired) electrons. The number of likely N-dealkylation sites (tertiary alicyclic amines) is 1. The van der Waals surface area contributed by atoms with E-state index in [1.165, 1.54) is 19.5 Å². The van der Waals surface area contributed by atoms with Gasteiger partial charge in [-0.1, -0.05) is 57.0 Å². The number of fused-ring (bicyclic) bond motifs is 2. The summed E-state index contributed by atoms with van der Waals surface area (Å²) in [5.41, 5.74) is 7.88. The van der Waals surface area contributed by atoms with Crippen LogP contribution in [0.4, 0.5) is 5.69 Å². The number of amides is 1. The number of piperidine rings is 1. The van der Waals surface area contributed by atoms with Crippen molar-refractivity contribution in [2.75, 3.05) is 31.5 Å². The number of hydrogen-bond acceptors (Lipinski definition) is 4. The van der Waals surface area contributed by atoms with Crippen LogP contribution in [0, 0.1) is 17.3 Å². The molecule has 4 atom stereocenters. The van der Waals surface area contributed by atoms with Crippen molar-refractivity contribution in [3.05, 3.63) is 59.4 Å². The number of nitrogens with one attached hydrogen (secondary N) is 1. The van der Waals surface area contributed by atoms with Crippen LogP contribution in [-0.4, -0.2) is 42.6 Å². The third-order valence-electron chi connectivity index (χ3n) is 7.97. The molecule has 0 saturated carbocycles. The van der Waals surface area contributed by atoms with Gasteiger partial charge in [-0.15, -0.1) is 0 Å². The van der Waals surface area contributed by atoms with Gasteiger partial charge >= 0.3 is 0 Å². The largest absolute Gasteiger partial charge is 0.473 e. The molecule has 5 nitrogen and oxygen atoms in total. The molecule has 4 unspecified atom stereocenters. The monoisotopic (exact) mass is 447 g/mol. The lowest BCUT2D eigenvalue weighted by Gasteiger charge is -2.36. The van der Waals surface area contributed by atoms with Crippen LogP contribution in [0.2, 0.25) is 0 Å². The van der Waals surface area contributed by atoms with E-state index >= 15 is 0 Å². The van der Waals surface area contributed by atoms with Crippen molar-refractivity contribution in [3.63, 3.8) is 0 Å². The van der Waals surface area contributed by atoms with Gasteiger partial charge in [-0.2, -0.15) is 0 Å². The minimum absolute atomic E-state index is 0.291. The SMILES string of the molecule is CC1CC(C)CN(CCCCCC2(C(N)=O)C=CC=C3OC32C2=Cc3ccccc3NC2)C1. The molecule has 4 aliphatic rings. The van der Waals surface area contributed by atoms with E-state index in [2.05, 4.69) is 42.3 Å². The quantitative estimate of drug-likeness (QED) is 0.447. The molecule has 1 aromatic rings. The van der Waals surface area contributed by atoms with E-state index in [9.17, 15) is 4.79 Å². The van der Waals surface area contributed by atoms with Crippen molar-refractivity contribution in [3.8, 4) is 0 Å². The fraction of sp³-hybridized carbons (Fsp3) is 0.536. The van der Waals surface area contributed by atoms with E-state index in [-0.39, 0.29) is 5.91 Å². The average Bonchev–Trinajstić information content (AvgIpc) is 3.54. The Kier molecular flexibility index (Phi) is 5.86. The van der Waals surface area contributed by atoms with Crippen LogP contribution in [0.15, 0.2) is 53.8 Å². The van der Waals surface area contributed by atoms with Crippen LogP contribution >= 0.6 is 0 Å². The third kappa shape index (κ3) is 3.90. The van der Waals surface area contributed by atoms with Gasteiger partial charge in [0, 0.05) is 30.9 Å². The number of allylic oxidation sites excluding steroid dienone is 2. The zero-order valence-corrected chi connectivity index (χ0v) is 20.0. The second kappa shape index (κ2) is 8.68. The molecule has 2 fully saturated rings. The van der Waals surface area contributed by atoms with Crippen molar-refractivity contribution < 1.29 is 9.53 Å². The minimum Gasteiger partial charge on any atom is -0.473 e. The molecule has 1 amide bonds. The molecule has 3 N–H and O–H groups in total. The molecular formula is C28H37N3O2. The van der Waals surface area contributed by atoms with Gasteiger partial charge in [0.05, 0.1) is 0 Å². The average molecular weight is 448 g/mol.